The van der Waals surface area contributed by atoms with Gasteiger partial charge in [0, 0.05) is 6.42 Å². The Morgan fingerprint density at radius 1 is 0.944 bits per heavy atom. The predicted octanol–water partition coefficient (Wildman–Crippen LogP) is 2.82. The van der Waals surface area contributed by atoms with Crippen LogP contribution in [0.15, 0.2) is 42.5 Å². The van der Waals surface area contributed by atoms with Gasteiger partial charge in [0.1, 0.15) is 6.29 Å². The van der Waals surface area contributed by atoms with Gasteiger partial charge in [-0.15, -0.1) is 0 Å². The number of fused-ring (bicyclic) bond motifs is 1. The molecular formula is C15H12O3. The van der Waals surface area contributed by atoms with E-state index in [0.717, 1.165) is 34.5 Å². The fraction of sp³-hybridized carbons (Fsp3) is 0.133. The summed E-state index contributed by atoms with van der Waals surface area (Å²) in [6.07, 6.45) is 1.37. The van der Waals surface area contributed by atoms with Gasteiger partial charge in [-0.2, -0.15) is 0 Å². The summed E-state index contributed by atoms with van der Waals surface area (Å²) >= 11 is 0. The van der Waals surface area contributed by atoms with Crippen LogP contribution < -0.4 is 9.47 Å². The molecule has 0 aliphatic carbocycles. The maximum Gasteiger partial charge on any atom is 0.231 e. The summed E-state index contributed by atoms with van der Waals surface area (Å²) in [7, 11) is 0. The highest BCUT2D eigenvalue weighted by molar-refractivity contribution is 5.68. The van der Waals surface area contributed by atoms with Crippen molar-refractivity contribution in [3.8, 4) is 22.6 Å². The first kappa shape index (κ1) is 10.8. The molecule has 0 amide bonds. The second-order valence-electron chi connectivity index (χ2n) is 4.14. The highest BCUT2D eigenvalue weighted by Crippen LogP contribution is 2.35. The monoisotopic (exact) mass is 240 g/mol. The smallest absolute Gasteiger partial charge is 0.231 e. The van der Waals surface area contributed by atoms with E-state index in [1.54, 1.807) is 0 Å². The van der Waals surface area contributed by atoms with Crippen molar-refractivity contribution in [1.29, 1.82) is 0 Å². The van der Waals surface area contributed by atoms with E-state index in [0.29, 0.717) is 6.42 Å². The van der Waals surface area contributed by atoms with Crippen molar-refractivity contribution in [2.24, 2.45) is 0 Å². The first-order valence-electron chi connectivity index (χ1n) is 5.79. The average molecular weight is 240 g/mol. The number of benzene rings is 2. The Bertz CT molecular complexity index is 573. The maximum atomic E-state index is 10.4. The van der Waals surface area contributed by atoms with Crippen LogP contribution in [-0.4, -0.2) is 13.1 Å². The van der Waals surface area contributed by atoms with Gasteiger partial charge < -0.3 is 14.3 Å². The molecule has 0 fully saturated rings. The fourth-order valence-electron chi connectivity index (χ4n) is 2.01. The standard InChI is InChI=1S/C15H12O3/c16-8-7-11-1-3-12(4-2-11)13-5-6-14-15(9-13)18-10-17-14/h1-6,8-9H,7,10H2. The molecule has 0 saturated heterocycles. The van der Waals surface area contributed by atoms with Crippen LogP contribution in [0.2, 0.25) is 0 Å². The number of hydrogen-bond acceptors (Lipinski definition) is 3. The first-order valence-corrected chi connectivity index (χ1v) is 5.79. The fourth-order valence-corrected chi connectivity index (χ4v) is 2.01. The molecule has 0 N–H and O–H groups in total. The van der Waals surface area contributed by atoms with E-state index in [9.17, 15) is 4.79 Å². The molecule has 1 aliphatic rings. The number of hydrogen-bond donors (Lipinski definition) is 0. The number of aldehydes is 1. The largest absolute Gasteiger partial charge is 0.454 e. The van der Waals surface area contributed by atoms with Crippen LogP contribution in [0.1, 0.15) is 5.56 Å². The number of carbonyl (C=O) groups is 1. The molecule has 0 radical (unpaired) electrons. The van der Waals surface area contributed by atoms with Gasteiger partial charge in [0.15, 0.2) is 11.5 Å². The average Bonchev–Trinajstić information content (AvgIpc) is 2.87. The first-order chi connectivity index (χ1) is 8.86. The molecule has 0 atom stereocenters. The molecule has 3 heteroatoms. The SMILES string of the molecule is O=CCc1ccc(-c2ccc3c(c2)OCO3)cc1. The van der Waals surface area contributed by atoms with Crippen molar-refractivity contribution < 1.29 is 14.3 Å². The lowest BCUT2D eigenvalue weighted by Gasteiger charge is -2.04. The van der Waals surface area contributed by atoms with Gasteiger partial charge in [0.05, 0.1) is 0 Å². The molecule has 1 heterocycles. The Hall–Kier alpha value is -2.29. The summed E-state index contributed by atoms with van der Waals surface area (Å²) in [5.41, 5.74) is 3.20. The molecule has 90 valence electrons. The molecule has 2 aromatic carbocycles. The zero-order chi connectivity index (χ0) is 12.4. The van der Waals surface area contributed by atoms with E-state index in [1.807, 2.05) is 42.5 Å². The minimum atomic E-state index is 0.289. The zero-order valence-electron chi connectivity index (χ0n) is 9.76. The van der Waals surface area contributed by atoms with E-state index in [-0.39, 0.29) is 6.79 Å². The Balaban J connectivity index is 1.92. The molecule has 3 rings (SSSR count). The Morgan fingerprint density at radius 2 is 1.67 bits per heavy atom. The maximum absolute atomic E-state index is 10.4. The zero-order valence-corrected chi connectivity index (χ0v) is 9.76. The normalized spacial score (nSPS) is 12.4. The third kappa shape index (κ3) is 1.95. The van der Waals surface area contributed by atoms with Crippen LogP contribution in [0.3, 0.4) is 0 Å². The molecule has 0 spiro atoms. The predicted molar refractivity (Wildman–Crippen MR) is 67.8 cm³/mol. The molecule has 0 saturated carbocycles. The highest BCUT2D eigenvalue weighted by Gasteiger charge is 2.13. The van der Waals surface area contributed by atoms with Crippen LogP contribution in [-0.2, 0) is 11.2 Å². The summed E-state index contributed by atoms with van der Waals surface area (Å²) in [6.45, 7) is 0.289. The summed E-state index contributed by atoms with van der Waals surface area (Å²) in [6, 6.07) is 13.8. The molecule has 2 aromatic rings. The van der Waals surface area contributed by atoms with Crippen molar-refractivity contribution in [3.05, 3.63) is 48.0 Å². The number of carbonyl (C=O) groups excluding carboxylic acids is 1. The Kier molecular flexibility index (Phi) is 2.73. The molecule has 3 nitrogen and oxygen atoms in total. The van der Waals surface area contributed by atoms with Gasteiger partial charge in [0.25, 0.3) is 0 Å². The van der Waals surface area contributed by atoms with Crippen molar-refractivity contribution in [2.45, 2.75) is 6.42 Å². The van der Waals surface area contributed by atoms with Gasteiger partial charge in [-0.1, -0.05) is 30.3 Å². The van der Waals surface area contributed by atoms with E-state index in [2.05, 4.69) is 0 Å². The van der Waals surface area contributed by atoms with Gasteiger partial charge in [-0.25, -0.2) is 0 Å². The third-order valence-corrected chi connectivity index (χ3v) is 2.98. The van der Waals surface area contributed by atoms with Crippen LogP contribution in [0, 0.1) is 0 Å². The van der Waals surface area contributed by atoms with E-state index >= 15 is 0 Å². The molecule has 0 bridgehead atoms. The van der Waals surface area contributed by atoms with Gasteiger partial charge in [-0.3, -0.25) is 0 Å². The number of rotatable bonds is 3. The molecule has 1 aliphatic heterocycles. The summed E-state index contributed by atoms with van der Waals surface area (Å²) < 4.78 is 10.6. The summed E-state index contributed by atoms with van der Waals surface area (Å²) in [5.74, 6) is 1.57. The van der Waals surface area contributed by atoms with E-state index < -0.39 is 0 Å². The lowest BCUT2D eigenvalue weighted by Crippen LogP contribution is -1.92. The molecular weight excluding hydrogens is 228 g/mol. The van der Waals surface area contributed by atoms with E-state index in [4.69, 9.17) is 9.47 Å². The summed E-state index contributed by atoms with van der Waals surface area (Å²) in [5, 5.41) is 0. The quantitative estimate of drug-likeness (QED) is 0.774. The minimum absolute atomic E-state index is 0.289. The van der Waals surface area contributed by atoms with Crippen LogP contribution in [0.5, 0.6) is 11.5 Å². The second-order valence-corrected chi connectivity index (χ2v) is 4.14. The number of ether oxygens (including phenoxy) is 2. The third-order valence-electron chi connectivity index (χ3n) is 2.98. The Morgan fingerprint density at radius 3 is 2.44 bits per heavy atom. The second kappa shape index (κ2) is 4.53. The highest BCUT2D eigenvalue weighted by atomic mass is 16.7. The van der Waals surface area contributed by atoms with Crippen molar-refractivity contribution in [3.63, 3.8) is 0 Å². The molecule has 0 aromatic heterocycles. The minimum Gasteiger partial charge on any atom is -0.454 e. The molecule has 0 unspecified atom stereocenters. The van der Waals surface area contributed by atoms with Gasteiger partial charge in [-0.05, 0) is 28.8 Å². The van der Waals surface area contributed by atoms with Crippen LogP contribution >= 0.6 is 0 Å². The van der Waals surface area contributed by atoms with Crippen LogP contribution in [0.4, 0.5) is 0 Å². The van der Waals surface area contributed by atoms with Crippen molar-refractivity contribution >= 4 is 6.29 Å². The lowest BCUT2D eigenvalue weighted by atomic mass is 10.0. The van der Waals surface area contributed by atoms with Gasteiger partial charge in [0.2, 0.25) is 6.79 Å². The van der Waals surface area contributed by atoms with Crippen molar-refractivity contribution in [1.82, 2.24) is 0 Å². The Labute approximate surface area is 105 Å². The topological polar surface area (TPSA) is 35.5 Å². The van der Waals surface area contributed by atoms with Crippen LogP contribution in [0.25, 0.3) is 11.1 Å². The van der Waals surface area contributed by atoms with E-state index in [1.165, 1.54) is 0 Å². The van der Waals surface area contributed by atoms with Crippen molar-refractivity contribution in [2.75, 3.05) is 6.79 Å². The summed E-state index contributed by atoms with van der Waals surface area (Å²) in [4.78, 5) is 10.4. The van der Waals surface area contributed by atoms with Gasteiger partial charge >= 0.3 is 0 Å². The lowest BCUT2D eigenvalue weighted by molar-refractivity contribution is -0.107. The molecule has 18 heavy (non-hydrogen) atoms.